The van der Waals surface area contributed by atoms with Gasteiger partial charge in [0.05, 0.1) is 22.2 Å². The van der Waals surface area contributed by atoms with Crippen LogP contribution in [0.4, 0.5) is 5.69 Å². The van der Waals surface area contributed by atoms with Gasteiger partial charge in [0.2, 0.25) is 0 Å². The molecule has 0 radical (unpaired) electrons. The number of para-hydroxylation sites is 1. The predicted molar refractivity (Wildman–Crippen MR) is 164 cm³/mol. The van der Waals surface area contributed by atoms with Gasteiger partial charge in [-0.25, -0.2) is 4.79 Å². The molecule has 2 aliphatic heterocycles. The van der Waals surface area contributed by atoms with Crippen molar-refractivity contribution in [2.24, 2.45) is 5.92 Å². The minimum Gasteiger partial charge on any atom is -0.508 e. The van der Waals surface area contributed by atoms with Crippen molar-refractivity contribution in [3.63, 3.8) is 0 Å². The number of anilines is 1. The molecule has 1 amide bonds. The summed E-state index contributed by atoms with van der Waals surface area (Å²) in [7, 11) is 0. The lowest BCUT2D eigenvalue weighted by Gasteiger charge is -2.62. The van der Waals surface area contributed by atoms with Crippen molar-refractivity contribution in [1.29, 1.82) is 0 Å². The monoisotopic (exact) mass is 596 g/mol. The normalized spacial score (nSPS) is 28.0. The molecule has 1 saturated carbocycles. The summed E-state index contributed by atoms with van der Waals surface area (Å²) in [6.07, 6.45) is 2.41. The van der Waals surface area contributed by atoms with E-state index in [1.54, 1.807) is 30.3 Å². The molecule has 9 nitrogen and oxygen atoms in total. The van der Waals surface area contributed by atoms with Gasteiger partial charge in [0, 0.05) is 35.8 Å². The van der Waals surface area contributed by atoms with Crippen molar-refractivity contribution in [1.82, 2.24) is 4.90 Å². The first-order valence-electron chi connectivity index (χ1n) is 14.9. The van der Waals surface area contributed by atoms with Gasteiger partial charge in [0.25, 0.3) is 5.91 Å². The zero-order valence-corrected chi connectivity index (χ0v) is 23.4. The molecule has 0 unspecified atom stereocenters. The van der Waals surface area contributed by atoms with Crippen LogP contribution in [0.1, 0.15) is 54.6 Å². The van der Waals surface area contributed by atoms with Gasteiger partial charge in [-0.15, -0.1) is 0 Å². The highest BCUT2D eigenvalue weighted by molar-refractivity contribution is 6.06. The van der Waals surface area contributed by atoms with Crippen LogP contribution in [0.25, 0.3) is 11.1 Å². The van der Waals surface area contributed by atoms with Crippen LogP contribution >= 0.6 is 0 Å². The average molecular weight is 597 g/mol. The van der Waals surface area contributed by atoms with Crippen molar-refractivity contribution in [2.75, 3.05) is 18.4 Å². The number of phenolic OH excluding ortho intramolecular Hbond substituents is 1. The first-order chi connectivity index (χ1) is 20.7. The van der Waals surface area contributed by atoms with Gasteiger partial charge in [-0.2, -0.15) is 0 Å². The third kappa shape index (κ3) is 3.85. The number of aromatic carboxylic acids is 1. The van der Waals surface area contributed by atoms with E-state index in [4.69, 9.17) is 4.74 Å². The highest BCUT2D eigenvalue weighted by Crippen LogP contribution is 2.66. The second-order valence-electron chi connectivity index (χ2n) is 12.7. The lowest BCUT2D eigenvalue weighted by Crippen LogP contribution is -2.75. The summed E-state index contributed by atoms with van der Waals surface area (Å²) < 4.78 is 6.31. The molecule has 2 bridgehead atoms. The van der Waals surface area contributed by atoms with Gasteiger partial charge >= 0.3 is 5.97 Å². The number of benzene rings is 3. The highest BCUT2D eigenvalue weighted by Gasteiger charge is 2.73. The summed E-state index contributed by atoms with van der Waals surface area (Å²) in [5.41, 5.74) is 1.51. The molecule has 3 aliphatic carbocycles. The molecule has 2 heterocycles. The Morgan fingerprint density at radius 3 is 2.50 bits per heavy atom. The molecule has 228 valence electrons. The minimum atomic E-state index is -1.40. The topological polar surface area (TPSA) is 140 Å². The number of carbonyl (C=O) groups is 2. The van der Waals surface area contributed by atoms with Crippen LogP contribution in [0, 0.1) is 5.92 Å². The highest BCUT2D eigenvalue weighted by atomic mass is 16.5. The number of rotatable bonds is 6. The first kappa shape index (κ1) is 28.4. The summed E-state index contributed by atoms with van der Waals surface area (Å²) in [6.45, 7) is 1.63. The number of likely N-dealkylation sites (tertiary alicyclic amines) is 1. The number of aromatic hydroxyl groups is 1. The van der Waals surface area contributed by atoms with Crippen LogP contribution in [0.2, 0.25) is 0 Å². The second-order valence-corrected chi connectivity index (χ2v) is 12.7. The molecule has 8 rings (SSSR count). The Balaban J connectivity index is 0.00000312. The zero-order valence-electron chi connectivity index (χ0n) is 23.4. The largest absolute Gasteiger partial charge is 0.508 e. The van der Waals surface area contributed by atoms with Crippen molar-refractivity contribution in [3.8, 4) is 22.6 Å². The second kappa shape index (κ2) is 9.84. The van der Waals surface area contributed by atoms with Gasteiger partial charge in [-0.05, 0) is 73.5 Å². The molecule has 9 heteroatoms. The molecule has 3 aromatic carbocycles. The van der Waals surface area contributed by atoms with Crippen LogP contribution in [0.15, 0.2) is 72.0 Å². The van der Waals surface area contributed by atoms with E-state index in [0.717, 1.165) is 29.8 Å². The Bertz CT molecular complexity index is 1730. The zero-order chi connectivity index (χ0) is 29.7. The number of carbonyl (C=O) groups excluding carboxylic acids is 1. The molecular formula is C35H36N2O7. The Morgan fingerprint density at radius 1 is 1.02 bits per heavy atom. The standard InChI is InChI=1S/C34H32N2O7.CH4/c37-25-12-11-21-15-26-34(42)16-23(28(38)30-33(34,27(21)29(25)43-30)13-14-36(26)17-18-5-6-18)31(39)35-24-4-2-1-3-22(24)19-7-9-20(10-8-19)32(40)41;/h1-4,7-12,18,26,30,37-38,42H,5-6,13-17H2,(H,35,39)(H,40,41);1H4/t26-,30+,33+,34-;/m1./s1. The molecule has 2 fully saturated rings. The summed E-state index contributed by atoms with van der Waals surface area (Å²) >= 11 is 0. The van der Waals surface area contributed by atoms with Crippen LogP contribution in [-0.2, 0) is 16.6 Å². The van der Waals surface area contributed by atoms with Crippen LogP contribution in [0.3, 0.4) is 0 Å². The fourth-order valence-corrected chi connectivity index (χ4v) is 8.20. The molecule has 5 N–H and O–H groups in total. The SMILES string of the molecule is C.O=C(Nc1ccccc1-c1ccc(C(=O)O)cc1)C1=C(O)[C@@H]2Oc3c(O)ccc4c3[C@@]23CCN(CC2CC2)[C@H](C4)[C@]3(O)C1. The molecule has 0 aromatic heterocycles. The van der Waals surface area contributed by atoms with E-state index in [2.05, 4.69) is 10.2 Å². The fourth-order valence-electron chi connectivity index (χ4n) is 8.20. The Hall–Kier alpha value is -4.34. The fraction of sp³-hybridized carbons (Fsp3) is 0.371. The van der Waals surface area contributed by atoms with E-state index >= 15 is 0 Å². The van der Waals surface area contributed by atoms with Gasteiger partial charge in [0.1, 0.15) is 5.76 Å². The predicted octanol–water partition coefficient (Wildman–Crippen LogP) is 5.02. The maximum Gasteiger partial charge on any atom is 0.335 e. The Labute approximate surface area is 255 Å². The summed E-state index contributed by atoms with van der Waals surface area (Å²) in [4.78, 5) is 27.7. The number of carboxylic acids is 1. The van der Waals surface area contributed by atoms with E-state index in [1.165, 1.54) is 25.0 Å². The minimum absolute atomic E-state index is 0. The van der Waals surface area contributed by atoms with Gasteiger partial charge in [0.15, 0.2) is 17.6 Å². The van der Waals surface area contributed by atoms with E-state index < -0.39 is 29.0 Å². The Kier molecular flexibility index (Phi) is 6.36. The van der Waals surface area contributed by atoms with E-state index in [0.29, 0.717) is 35.8 Å². The number of phenols is 1. The molecule has 5 aliphatic rings. The number of piperidine rings is 1. The summed E-state index contributed by atoms with van der Waals surface area (Å²) in [5, 5.41) is 47.6. The number of aliphatic hydroxyl groups excluding tert-OH is 1. The molecule has 4 atom stereocenters. The number of amides is 1. The number of hydrogen-bond donors (Lipinski definition) is 5. The van der Waals surface area contributed by atoms with E-state index in [9.17, 15) is 30.0 Å². The van der Waals surface area contributed by atoms with Gasteiger partial charge in [-0.1, -0.05) is 43.8 Å². The van der Waals surface area contributed by atoms with Crippen molar-refractivity contribution >= 4 is 17.6 Å². The first-order valence-corrected chi connectivity index (χ1v) is 14.9. The Morgan fingerprint density at radius 2 is 1.77 bits per heavy atom. The molecule has 44 heavy (non-hydrogen) atoms. The van der Waals surface area contributed by atoms with Crippen molar-refractivity contribution in [2.45, 2.75) is 62.7 Å². The molecule has 3 aromatic rings. The third-order valence-corrected chi connectivity index (χ3v) is 10.4. The van der Waals surface area contributed by atoms with E-state index in [-0.39, 0.29) is 42.5 Å². The number of carboxylic acid groups (broad SMARTS) is 1. The lowest BCUT2D eigenvalue weighted by atomic mass is 9.49. The third-order valence-electron chi connectivity index (χ3n) is 10.4. The molecule has 1 spiro atoms. The van der Waals surface area contributed by atoms with Gasteiger partial charge < -0.3 is 30.5 Å². The maximum atomic E-state index is 14.0. The lowest BCUT2D eigenvalue weighted by molar-refractivity contribution is -0.172. The summed E-state index contributed by atoms with van der Waals surface area (Å²) in [5.74, 6) is -0.922. The van der Waals surface area contributed by atoms with Gasteiger partial charge in [-0.3, -0.25) is 9.69 Å². The van der Waals surface area contributed by atoms with E-state index in [1.807, 2.05) is 18.2 Å². The number of nitrogens with zero attached hydrogens (tertiary/aromatic N) is 1. The molecular weight excluding hydrogens is 560 g/mol. The van der Waals surface area contributed by atoms with Crippen LogP contribution in [-0.4, -0.2) is 68.0 Å². The number of nitrogens with one attached hydrogen (secondary N) is 1. The average Bonchev–Trinajstić information content (AvgIpc) is 3.74. The number of hydrogen-bond acceptors (Lipinski definition) is 7. The number of aliphatic hydroxyl groups is 2. The van der Waals surface area contributed by atoms with Crippen molar-refractivity contribution in [3.05, 3.63) is 88.7 Å². The smallest absolute Gasteiger partial charge is 0.335 e. The quantitative estimate of drug-likeness (QED) is 0.267. The molecule has 1 saturated heterocycles. The van der Waals surface area contributed by atoms with Crippen LogP contribution in [0.5, 0.6) is 11.5 Å². The van der Waals surface area contributed by atoms with Crippen molar-refractivity contribution < 1.29 is 34.8 Å². The summed E-state index contributed by atoms with van der Waals surface area (Å²) in [6, 6.07) is 16.8. The van der Waals surface area contributed by atoms with Crippen LogP contribution < -0.4 is 10.1 Å². The maximum absolute atomic E-state index is 14.0. The number of ether oxygens (including phenoxy) is 1.